The number of hydrogen-bond donors (Lipinski definition) is 4. The van der Waals surface area contributed by atoms with Gasteiger partial charge >= 0.3 is 12.2 Å². The van der Waals surface area contributed by atoms with E-state index < -0.39 is 30.3 Å². The van der Waals surface area contributed by atoms with Gasteiger partial charge in [0.25, 0.3) is 5.91 Å². The van der Waals surface area contributed by atoms with Gasteiger partial charge in [-0.05, 0) is 82.5 Å². The zero-order chi connectivity index (χ0) is 48.0. The first-order valence-electron chi connectivity index (χ1n) is 23.1. The molecule has 0 bridgehead atoms. The zero-order valence-corrected chi connectivity index (χ0v) is 39.2. The van der Waals surface area contributed by atoms with E-state index in [1.807, 2.05) is 61.3 Å². The van der Waals surface area contributed by atoms with Crippen LogP contribution in [-0.2, 0) is 30.4 Å². The van der Waals surface area contributed by atoms with Crippen LogP contribution >= 0.6 is 0 Å². The Morgan fingerprint density at radius 1 is 0.882 bits per heavy atom. The van der Waals surface area contributed by atoms with E-state index in [1.165, 1.54) is 14.2 Å². The minimum atomic E-state index is -0.955. The first-order valence-corrected chi connectivity index (χ1v) is 23.1. The predicted molar refractivity (Wildman–Crippen MR) is 260 cm³/mol. The monoisotopic (exact) mass is 926 g/mol. The molecule has 10 rings (SSSR count). The number of piperidine rings is 1. The summed E-state index contributed by atoms with van der Waals surface area (Å²) in [5.41, 5.74) is 7.13. The fraction of sp³-hybridized carbons (Fsp3) is 0.385. The van der Waals surface area contributed by atoms with Crippen LogP contribution in [0.3, 0.4) is 0 Å². The van der Waals surface area contributed by atoms with Crippen molar-refractivity contribution in [2.75, 3.05) is 34.5 Å². The minimum Gasteiger partial charge on any atom is -0.488 e. The van der Waals surface area contributed by atoms with Crippen LogP contribution in [0.5, 0.6) is 5.75 Å². The van der Waals surface area contributed by atoms with Crippen molar-refractivity contribution in [2.24, 2.45) is 23.7 Å². The third-order valence-electron chi connectivity index (χ3n) is 14.1. The lowest BCUT2D eigenvalue weighted by atomic mass is 9.92. The molecule has 2 aromatic heterocycles. The smallest absolute Gasteiger partial charge is 0.407 e. The van der Waals surface area contributed by atoms with Gasteiger partial charge in [0.2, 0.25) is 5.91 Å². The molecule has 358 valence electrons. The maximum absolute atomic E-state index is 14.4. The third-order valence-corrected chi connectivity index (χ3v) is 14.1. The number of aromatic nitrogens is 4. The van der Waals surface area contributed by atoms with Crippen LogP contribution < -0.4 is 15.4 Å². The molecule has 68 heavy (non-hydrogen) atoms. The lowest BCUT2D eigenvalue weighted by Gasteiger charge is -2.32. The number of rotatable bonds is 11. The number of hydrogen-bond acceptors (Lipinski definition) is 10. The van der Waals surface area contributed by atoms with Gasteiger partial charge < -0.3 is 49.3 Å². The third kappa shape index (κ3) is 8.30. The van der Waals surface area contributed by atoms with Gasteiger partial charge in [0.15, 0.2) is 0 Å². The molecule has 0 radical (unpaired) electrons. The molecule has 6 aromatic rings. The molecule has 4 aliphatic rings. The molecule has 3 fully saturated rings. The van der Waals surface area contributed by atoms with Crippen LogP contribution in [0.1, 0.15) is 77.4 Å². The number of H-pyrrole nitrogens is 2. The van der Waals surface area contributed by atoms with Gasteiger partial charge in [0.05, 0.1) is 55.8 Å². The van der Waals surface area contributed by atoms with Gasteiger partial charge in [0, 0.05) is 39.4 Å². The van der Waals surface area contributed by atoms with Crippen LogP contribution in [0, 0.1) is 23.7 Å². The van der Waals surface area contributed by atoms with Crippen molar-refractivity contribution in [3.05, 3.63) is 115 Å². The normalized spacial score (nSPS) is 22.0. The SMILES string of the molecule is C=C.COC[C@H]1C[C@@H](c2nc3c(ccc4cc5c(cc43)OCc3cc(-c4cnc([C@@H]6CC7C(C)C7N6C(=O)[C@@H](NC(=O)OC)C(C)C)[nH]4)ccc3-5)[nH]2)N(C(=O)[C@H](NC(=O)OC)c2ccccc2)C1.[HH].[HH]. The molecular weight excluding hydrogens is 865 g/mol. The highest BCUT2D eigenvalue weighted by Crippen LogP contribution is 2.57. The quantitative estimate of drug-likeness (QED) is 0.0913. The average Bonchev–Trinajstić information content (AvgIpc) is 4.00. The summed E-state index contributed by atoms with van der Waals surface area (Å²) < 4.78 is 21.8. The number of benzene rings is 4. The van der Waals surface area contributed by atoms with Crippen molar-refractivity contribution in [1.29, 1.82) is 0 Å². The Kier molecular flexibility index (Phi) is 12.7. The second-order valence-electron chi connectivity index (χ2n) is 18.4. The highest BCUT2D eigenvalue weighted by molar-refractivity contribution is 6.07. The molecule has 3 aliphatic heterocycles. The van der Waals surface area contributed by atoms with Crippen LogP contribution in [0.4, 0.5) is 9.59 Å². The summed E-state index contributed by atoms with van der Waals surface area (Å²) in [5.74, 6) is 2.46. The number of carbonyl (C=O) groups is 4. The molecule has 4 N–H and O–H groups in total. The van der Waals surface area contributed by atoms with E-state index >= 15 is 0 Å². The van der Waals surface area contributed by atoms with Crippen LogP contribution in [0.25, 0.3) is 44.2 Å². The fourth-order valence-corrected chi connectivity index (χ4v) is 10.7. The van der Waals surface area contributed by atoms with E-state index in [2.05, 4.69) is 77.1 Å². The van der Waals surface area contributed by atoms with Gasteiger partial charge in [0.1, 0.15) is 36.1 Å². The minimum absolute atomic E-state index is 0. The van der Waals surface area contributed by atoms with Gasteiger partial charge in [-0.1, -0.05) is 69.3 Å². The molecule has 4 aromatic carbocycles. The molecule has 5 heterocycles. The van der Waals surface area contributed by atoms with E-state index in [0.29, 0.717) is 49.4 Å². The first kappa shape index (κ1) is 45.9. The molecule has 1 saturated carbocycles. The number of fused-ring (bicyclic) bond motifs is 7. The van der Waals surface area contributed by atoms with Crippen molar-refractivity contribution in [1.82, 2.24) is 40.4 Å². The zero-order valence-electron chi connectivity index (χ0n) is 39.2. The van der Waals surface area contributed by atoms with Gasteiger partial charge in [-0.15, -0.1) is 13.2 Å². The lowest BCUT2D eigenvalue weighted by molar-refractivity contribution is -0.137. The number of nitrogens with zero attached hydrogens (tertiary/aromatic N) is 4. The highest BCUT2D eigenvalue weighted by Gasteiger charge is 2.61. The standard InChI is InChI=1S/C50H54N8O8.C2H4.2H2/c1-25(2)41(55-49(61)64-5)48(60)58-39(19-33-26(3)44(33)58)45-51-21-37(53-45)30-12-14-32-31(17-30)24-66-40-20-34-29(18-35(32)40)13-15-36-43(34)54-46(52-36)38-16-27(23-63-4)22-57(38)47(59)42(56-50(62)65-6)28-10-8-7-9-11-28;1-2;;/h7-15,17-18,20-21,25-27,33,38-39,41-42,44H,16,19,22-24H2,1-6H3,(H,51,53)(H,52,54)(H,55,61)(H,56,62);1-2H2;2*1H/t26?,27-,33?,38-,39-,41-,42+,44?;;;/m0.../s1. The van der Waals surface area contributed by atoms with Crippen molar-refractivity contribution >= 4 is 45.8 Å². The highest BCUT2D eigenvalue weighted by atomic mass is 16.5. The second kappa shape index (κ2) is 18.8. The summed E-state index contributed by atoms with van der Waals surface area (Å²) in [7, 11) is 4.24. The van der Waals surface area contributed by atoms with Gasteiger partial charge in [-0.25, -0.2) is 19.6 Å². The Morgan fingerprint density at radius 3 is 2.38 bits per heavy atom. The van der Waals surface area contributed by atoms with Crippen LogP contribution in [0.2, 0.25) is 0 Å². The molecular formula is C52H62N8O8. The number of alkyl carbamates (subject to hydrolysis) is 2. The van der Waals surface area contributed by atoms with E-state index in [-0.39, 0.29) is 38.6 Å². The largest absolute Gasteiger partial charge is 0.488 e. The summed E-state index contributed by atoms with van der Waals surface area (Å²) in [5, 5.41) is 7.42. The Hall–Kier alpha value is -7.20. The Balaban J connectivity index is 0.00000178. The second-order valence-corrected chi connectivity index (χ2v) is 18.4. The van der Waals surface area contributed by atoms with Gasteiger partial charge in [-0.2, -0.15) is 0 Å². The molecule has 4 amide bonds. The lowest BCUT2D eigenvalue weighted by Crippen LogP contribution is -2.52. The number of carbonyl (C=O) groups excluding carboxylic acids is 4. The number of likely N-dealkylation sites (tertiary alicyclic amines) is 2. The molecule has 2 saturated heterocycles. The van der Waals surface area contributed by atoms with E-state index in [0.717, 1.165) is 67.7 Å². The molecule has 0 spiro atoms. The molecule has 16 nitrogen and oxygen atoms in total. The summed E-state index contributed by atoms with van der Waals surface area (Å²) in [6.07, 6.45) is 1.94. The maximum atomic E-state index is 14.4. The average molecular weight is 927 g/mol. The number of imidazole rings is 2. The first-order chi connectivity index (χ1) is 33.0. The maximum Gasteiger partial charge on any atom is 0.407 e. The Labute approximate surface area is 397 Å². The van der Waals surface area contributed by atoms with Crippen LogP contribution in [-0.4, -0.2) is 100 Å². The van der Waals surface area contributed by atoms with Crippen LogP contribution in [0.15, 0.2) is 92.2 Å². The fourth-order valence-electron chi connectivity index (χ4n) is 10.7. The van der Waals surface area contributed by atoms with E-state index in [1.54, 1.807) is 12.0 Å². The summed E-state index contributed by atoms with van der Waals surface area (Å²) in [6, 6.07) is 21.6. The van der Waals surface area contributed by atoms with E-state index in [4.69, 9.17) is 28.9 Å². The molecule has 8 atom stereocenters. The molecule has 1 aliphatic carbocycles. The predicted octanol–water partition coefficient (Wildman–Crippen LogP) is 8.88. The Bertz CT molecular complexity index is 2890. The summed E-state index contributed by atoms with van der Waals surface area (Å²) >= 11 is 0. The van der Waals surface area contributed by atoms with Crippen molar-refractivity contribution in [3.63, 3.8) is 0 Å². The number of methoxy groups -OCH3 is 3. The van der Waals surface area contributed by atoms with Crippen molar-refractivity contribution in [2.45, 2.75) is 70.4 Å². The van der Waals surface area contributed by atoms with Gasteiger partial charge in [-0.3, -0.25) is 9.59 Å². The topological polar surface area (TPSA) is 193 Å². The number of ether oxygens (including phenoxy) is 4. The molecule has 3 unspecified atom stereocenters. The van der Waals surface area contributed by atoms with Crippen molar-refractivity contribution < 1.29 is 41.0 Å². The summed E-state index contributed by atoms with van der Waals surface area (Å²) in [6.45, 7) is 13.3. The molecule has 16 heteroatoms. The number of nitrogens with one attached hydrogen (secondary N) is 4. The number of aromatic amines is 2. The Morgan fingerprint density at radius 2 is 1.65 bits per heavy atom. The summed E-state index contributed by atoms with van der Waals surface area (Å²) in [4.78, 5) is 74.0. The number of amides is 4. The van der Waals surface area contributed by atoms with E-state index in [9.17, 15) is 19.2 Å². The van der Waals surface area contributed by atoms with Crippen molar-refractivity contribution in [3.8, 4) is 28.1 Å².